The molecule has 0 fully saturated rings. The second-order valence-electron chi connectivity index (χ2n) is 1.96. The summed E-state index contributed by atoms with van der Waals surface area (Å²) < 4.78 is 27.6. The van der Waals surface area contributed by atoms with Crippen LogP contribution in [0.25, 0.3) is 0 Å². The van der Waals surface area contributed by atoms with Gasteiger partial charge in [-0.05, 0) is 6.42 Å². The third-order valence-corrected chi connectivity index (χ3v) is 1.82. The van der Waals surface area contributed by atoms with Gasteiger partial charge in [-0.2, -0.15) is 0 Å². The SMILES string of the molecule is O=P([O-])([O-])OCCCOP(=O)(O)O. The molecule has 0 spiro atoms. The molecule has 0 heterocycles. The standard InChI is InChI=1S/C3H10O8P2/c4-12(5,6)10-2-1-3-11-13(7,8)9/h1-3H2,(H2,4,5,6)(H2,7,8,9)/p-2. The molecule has 80 valence electrons. The smallest absolute Gasteiger partial charge is 0.469 e. The maximum Gasteiger partial charge on any atom is 0.469 e. The summed E-state index contributed by atoms with van der Waals surface area (Å²) in [4.78, 5) is 36.0. The Morgan fingerprint density at radius 1 is 1.08 bits per heavy atom. The molecule has 0 aromatic carbocycles. The molecule has 0 atom stereocenters. The summed E-state index contributed by atoms with van der Waals surface area (Å²) in [5, 5.41) is 0. The molecule has 0 amide bonds. The summed E-state index contributed by atoms with van der Waals surface area (Å²) in [5.41, 5.74) is 0. The summed E-state index contributed by atoms with van der Waals surface area (Å²) in [6, 6.07) is 0. The van der Waals surface area contributed by atoms with Crippen molar-refractivity contribution in [1.82, 2.24) is 0 Å². The van der Waals surface area contributed by atoms with E-state index in [2.05, 4.69) is 9.05 Å². The predicted octanol–water partition coefficient (Wildman–Crippen LogP) is -1.67. The largest absolute Gasteiger partial charge is 0.790 e. The lowest BCUT2D eigenvalue weighted by Crippen LogP contribution is -2.17. The van der Waals surface area contributed by atoms with E-state index in [1.807, 2.05) is 0 Å². The zero-order valence-electron chi connectivity index (χ0n) is 6.36. The van der Waals surface area contributed by atoms with E-state index in [0.29, 0.717) is 0 Å². The average molecular weight is 234 g/mol. The molecular formula is C3H8O8P2-2. The number of hydrogen-bond donors (Lipinski definition) is 2. The Bertz CT molecular complexity index is 202. The van der Waals surface area contributed by atoms with E-state index in [9.17, 15) is 18.9 Å². The van der Waals surface area contributed by atoms with E-state index in [1.54, 1.807) is 0 Å². The molecule has 0 aliphatic rings. The Balaban J connectivity index is 3.39. The second-order valence-corrected chi connectivity index (χ2v) is 4.35. The Hall–Kier alpha value is 0.220. The first kappa shape index (κ1) is 13.2. The summed E-state index contributed by atoms with van der Waals surface area (Å²) in [6.07, 6.45) is -0.0976. The van der Waals surface area contributed by atoms with Crippen LogP contribution in [0.4, 0.5) is 0 Å². The highest BCUT2D eigenvalue weighted by Crippen LogP contribution is 2.35. The number of phosphoric acid groups is 2. The molecular weight excluding hydrogens is 226 g/mol. The van der Waals surface area contributed by atoms with Crippen LogP contribution in [-0.2, 0) is 18.2 Å². The monoisotopic (exact) mass is 234 g/mol. The topological polar surface area (TPSA) is 139 Å². The van der Waals surface area contributed by atoms with Crippen LogP contribution >= 0.6 is 15.6 Å². The van der Waals surface area contributed by atoms with Crippen LogP contribution in [-0.4, -0.2) is 23.0 Å². The van der Waals surface area contributed by atoms with Gasteiger partial charge in [-0.3, -0.25) is 4.52 Å². The number of hydrogen-bond acceptors (Lipinski definition) is 6. The first-order chi connectivity index (χ1) is 5.71. The first-order valence-corrected chi connectivity index (χ1v) is 6.06. The van der Waals surface area contributed by atoms with E-state index in [0.717, 1.165) is 0 Å². The van der Waals surface area contributed by atoms with Crippen LogP contribution in [0.1, 0.15) is 6.42 Å². The summed E-state index contributed by atoms with van der Waals surface area (Å²) in [7, 11) is -9.52. The Kier molecular flexibility index (Phi) is 5.28. The first-order valence-electron chi connectivity index (χ1n) is 3.07. The Morgan fingerprint density at radius 2 is 1.54 bits per heavy atom. The zero-order chi connectivity index (χ0) is 10.5. The van der Waals surface area contributed by atoms with Crippen LogP contribution in [0, 0.1) is 0 Å². The molecule has 10 heteroatoms. The van der Waals surface area contributed by atoms with Crippen molar-refractivity contribution in [1.29, 1.82) is 0 Å². The second kappa shape index (κ2) is 5.19. The van der Waals surface area contributed by atoms with Gasteiger partial charge in [0.15, 0.2) is 0 Å². The number of phosphoric ester groups is 2. The van der Waals surface area contributed by atoms with Crippen LogP contribution in [0.2, 0.25) is 0 Å². The quantitative estimate of drug-likeness (QED) is 0.410. The molecule has 0 saturated carbocycles. The van der Waals surface area contributed by atoms with Gasteiger partial charge in [0.05, 0.1) is 21.0 Å². The van der Waals surface area contributed by atoms with Crippen molar-refractivity contribution < 1.29 is 37.8 Å². The fourth-order valence-corrected chi connectivity index (χ4v) is 1.14. The minimum absolute atomic E-state index is 0.0976. The Labute approximate surface area is 74.0 Å². The fourth-order valence-electron chi connectivity index (χ4n) is 0.419. The van der Waals surface area contributed by atoms with E-state index in [4.69, 9.17) is 9.79 Å². The molecule has 0 aliphatic carbocycles. The van der Waals surface area contributed by atoms with E-state index < -0.39 is 22.3 Å². The maximum atomic E-state index is 10.0. The molecule has 0 bridgehead atoms. The fraction of sp³-hybridized carbons (Fsp3) is 1.00. The van der Waals surface area contributed by atoms with E-state index in [-0.39, 0.29) is 13.0 Å². The van der Waals surface area contributed by atoms with Crippen molar-refractivity contribution in [2.45, 2.75) is 6.42 Å². The zero-order valence-corrected chi connectivity index (χ0v) is 8.15. The molecule has 0 aliphatic heterocycles. The van der Waals surface area contributed by atoms with Crippen molar-refractivity contribution >= 4 is 15.6 Å². The van der Waals surface area contributed by atoms with Gasteiger partial charge in [0.25, 0.3) is 0 Å². The van der Waals surface area contributed by atoms with Gasteiger partial charge in [-0.25, -0.2) is 4.57 Å². The van der Waals surface area contributed by atoms with Crippen molar-refractivity contribution in [3.63, 3.8) is 0 Å². The molecule has 0 unspecified atom stereocenters. The Morgan fingerprint density at radius 3 is 1.92 bits per heavy atom. The molecule has 8 nitrogen and oxygen atoms in total. The molecule has 2 N–H and O–H groups in total. The van der Waals surface area contributed by atoms with Gasteiger partial charge >= 0.3 is 7.82 Å². The van der Waals surface area contributed by atoms with Gasteiger partial charge in [-0.15, -0.1) is 0 Å². The summed E-state index contributed by atoms with van der Waals surface area (Å²) in [6.45, 7) is -0.839. The van der Waals surface area contributed by atoms with Crippen molar-refractivity contribution in [3.05, 3.63) is 0 Å². The third kappa shape index (κ3) is 12.2. The molecule has 0 rings (SSSR count). The highest BCUT2D eigenvalue weighted by Gasteiger charge is 2.12. The highest BCUT2D eigenvalue weighted by molar-refractivity contribution is 7.46. The average Bonchev–Trinajstić information content (AvgIpc) is 1.81. The lowest BCUT2D eigenvalue weighted by atomic mass is 10.5. The normalized spacial score (nSPS) is 13.2. The van der Waals surface area contributed by atoms with Crippen LogP contribution in [0.5, 0.6) is 0 Å². The van der Waals surface area contributed by atoms with Crippen molar-refractivity contribution in [2.24, 2.45) is 0 Å². The van der Waals surface area contributed by atoms with Gasteiger partial charge < -0.3 is 28.7 Å². The van der Waals surface area contributed by atoms with E-state index >= 15 is 0 Å². The van der Waals surface area contributed by atoms with E-state index in [1.165, 1.54) is 0 Å². The minimum Gasteiger partial charge on any atom is -0.790 e. The predicted molar refractivity (Wildman–Crippen MR) is 36.2 cm³/mol. The number of rotatable bonds is 6. The third-order valence-electron chi connectivity index (χ3n) is 0.798. The molecule has 0 radical (unpaired) electrons. The highest BCUT2D eigenvalue weighted by atomic mass is 31.2. The summed E-state index contributed by atoms with van der Waals surface area (Å²) in [5.74, 6) is 0. The van der Waals surface area contributed by atoms with Crippen LogP contribution in [0.15, 0.2) is 0 Å². The van der Waals surface area contributed by atoms with Gasteiger partial charge in [0.1, 0.15) is 0 Å². The molecule has 13 heavy (non-hydrogen) atoms. The maximum absolute atomic E-state index is 10.0. The lowest BCUT2D eigenvalue weighted by molar-refractivity contribution is -0.341. The lowest BCUT2D eigenvalue weighted by Gasteiger charge is -2.28. The van der Waals surface area contributed by atoms with Crippen molar-refractivity contribution in [3.8, 4) is 0 Å². The van der Waals surface area contributed by atoms with Gasteiger partial charge in [0, 0.05) is 0 Å². The molecule has 0 aromatic rings. The van der Waals surface area contributed by atoms with Crippen LogP contribution < -0.4 is 9.79 Å². The van der Waals surface area contributed by atoms with Crippen LogP contribution in [0.3, 0.4) is 0 Å². The minimum atomic E-state index is -5.00. The summed E-state index contributed by atoms with van der Waals surface area (Å²) >= 11 is 0. The van der Waals surface area contributed by atoms with Crippen molar-refractivity contribution in [2.75, 3.05) is 13.2 Å². The van der Waals surface area contributed by atoms with Gasteiger partial charge in [0.2, 0.25) is 0 Å². The van der Waals surface area contributed by atoms with Gasteiger partial charge in [-0.1, -0.05) is 0 Å². The molecule has 0 saturated heterocycles. The molecule has 0 aromatic heterocycles.